The zero-order valence-electron chi connectivity index (χ0n) is 12.0. The molecule has 1 fully saturated rings. The monoisotopic (exact) mass is 283 g/mol. The third-order valence-corrected chi connectivity index (χ3v) is 4.66. The minimum absolute atomic E-state index is 0.685. The second kappa shape index (κ2) is 7.85. The molecule has 0 atom stereocenters. The minimum atomic E-state index is 0.685. The number of aromatic nitrogens is 4. The Balaban J connectivity index is 1.70. The lowest BCUT2D eigenvalue weighted by molar-refractivity contribution is 0.481. The molecule has 0 aliphatic heterocycles. The molecule has 1 aromatic heterocycles. The first-order valence-corrected chi connectivity index (χ1v) is 8.34. The summed E-state index contributed by atoms with van der Waals surface area (Å²) in [6, 6.07) is 0. The van der Waals surface area contributed by atoms with E-state index in [4.69, 9.17) is 0 Å². The van der Waals surface area contributed by atoms with Crippen LogP contribution in [0.15, 0.2) is 5.16 Å². The van der Waals surface area contributed by atoms with Crippen molar-refractivity contribution >= 4 is 11.8 Å². The van der Waals surface area contributed by atoms with Gasteiger partial charge in [-0.15, -0.1) is 5.10 Å². The molecule has 1 aliphatic carbocycles. The van der Waals surface area contributed by atoms with E-state index >= 15 is 0 Å². The zero-order chi connectivity index (χ0) is 13.5. The average Bonchev–Trinajstić information content (AvgIpc) is 3.03. The molecule has 1 aliphatic rings. The van der Waals surface area contributed by atoms with Gasteiger partial charge in [-0.2, -0.15) is 0 Å². The summed E-state index contributed by atoms with van der Waals surface area (Å²) in [5.41, 5.74) is 0. The molecule has 1 saturated carbocycles. The van der Waals surface area contributed by atoms with E-state index in [1.54, 1.807) is 0 Å². The van der Waals surface area contributed by atoms with Gasteiger partial charge in [0.2, 0.25) is 5.16 Å². The Kier molecular flexibility index (Phi) is 6.10. The van der Waals surface area contributed by atoms with Crippen molar-refractivity contribution in [1.82, 2.24) is 25.5 Å². The molecule has 0 aromatic carbocycles. The Hall–Kier alpha value is -0.620. The van der Waals surface area contributed by atoms with Gasteiger partial charge in [-0.25, -0.2) is 4.68 Å². The molecule has 0 unspecified atom stereocenters. The van der Waals surface area contributed by atoms with Gasteiger partial charge in [-0.05, 0) is 41.6 Å². The second-order valence-electron chi connectivity index (χ2n) is 5.74. The predicted molar refractivity (Wildman–Crippen MR) is 78.2 cm³/mol. The van der Waals surface area contributed by atoms with Crippen molar-refractivity contribution in [2.24, 2.45) is 11.8 Å². The number of tetrazole rings is 1. The summed E-state index contributed by atoms with van der Waals surface area (Å²) in [6.45, 7) is 7.26. The highest BCUT2D eigenvalue weighted by Gasteiger charge is 2.16. The Morgan fingerprint density at radius 3 is 2.89 bits per heavy atom. The van der Waals surface area contributed by atoms with Gasteiger partial charge < -0.3 is 5.32 Å². The van der Waals surface area contributed by atoms with Crippen molar-refractivity contribution in [3.05, 3.63) is 0 Å². The number of rotatable bonds is 8. The molecular weight excluding hydrogens is 258 g/mol. The summed E-state index contributed by atoms with van der Waals surface area (Å²) in [6.07, 6.45) is 5.56. The van der Waals surface area contributed by atoms with E-state index in [9.17, 15) is 0 Å². The molecule has 108 valence electrons. The standard InChI is InChI=1S/C13H25N5S/c1-11(2)9-14-7-8-18-13(15-16-17-18)19-10-12-5-3-4-6-12/h11-12,14H,3-10H2,1-2H3. The lowest BCUT2D eigenvalue weighted by atomic mass is 10.1. The van der Waals surface area contributed by atoms with Crippen molar-refractivity contribution in [2.45, 2.75) is 51.2 Å². The normalized spacial score (nSPS) is 16.6. The van der Waals surface area contributed by atoms with Crippen LogP contribution in [0.2, 0.25) is 0 Å². The van der Waals surface area contributed by atoms with Crippen molar-refractivity contribution in [3.63, 3.8) is 0 Å². The van der Waals surface area contributed by atoms with Crippen LogP contribution < -0.4 is 5.32 Å². The number of nitrogens with one attached hydrogen (secondary N) is 1. The maximum absolute atomic E-state index is 4.13. The van der Waals surface area contributed by atoms with Crippen LogP contribution in [0, 0.1) is 11.8 Å². The molecule has 6 heteroatoms. The summed E-state index contributed by atoms with van der Waals surface area (Å²) in [5.74, 6) is 2.72. The predicted octanol–water partition coefficient (Wildman–Crippen LogP) is 2.20. The molecule has 0 saturated heterocycles. The van der Waals surface area contributed by atoms with Crippen molar-refractivity contribution in [2.75, 3.05) is 18.8 Å². The third kappa shape index (κ3) is 5.10. The molecule has 0 bridgehead atoms. The summed E-state index contributed by atoms with van der Waals surface area (Å²) in [5, 5.41) is 16.4. The van der Waals surface area contributed by atoms with E-state index in [1.807, 2.05) is 16.4 Å². The van der Waals surface area contributed by atoms with Gasteiger partial charge in [0.25, 0.3) is 0 Å². The molecule has 0 radical (unpaired) electrons. The fraction of sp³-hybridized carbons (Fsp3) is 0.923. The topological polar surface area (TPSA) is 55.6 Å². The Morgan fingerprint density at radius 1 is 1.37 bits per heavy atom. The van der Waals surface area contributed by atoms with Crippen LogP contribution >= 0.6 is 11.8 Å². The number of nitrogens with zero attached hydrogens (tertiary/aromatic N) is 4. The molecular formula is C13H25N5S. The van der Waals surface area contributed by atoms with Crippen molar-refractivity contribution in [3.8, 4) is 0 Å². The first-order valence-electron chi connectivity index (χ1n) is 7.35. The van der Waals surface area contributed by atoms with Gasteiger partial charge in [-0.1, -0.05) is 38.5 Å². The molecule has 5 nitrogen and oxygen atoms in total. The number of hydrogen-bond donors (Lipinski definition) is 1. The molecule has 1 heterocycles. The quantitative estimate of drug-likeness (QED) is 0.585. The third-order valence-electron chi connectivity index (χ3n) is 3.47. The summed E-state index contributed by atoms with van der Waals surface area (Å²) in [4.78, 5) is 0. The van der Waals surface area contributed by atoms with Gasteiger partial charge in [0.15, 0.2) is 0 Å². The molecule has 2 rings (SSSR count). The molecule has 0 spiro atoms. The van der Waals surface area contributed by atoms with Gasteiger partial charge in [-0.3, -0.25) is 0 Å². The highest BCUT2D eigenvalue weighted by Crippen LogP contribution is 2.29. The van der Waals surface area contributed by atoms with E-state index in [2.05, 4.69) is 34.7 Å². The van der Waals surface area contributed by atoms with Crippen molar-refractivity contribution < 1.29 is 0 Å². The Morgan fingerprint density at radius 2 is 2.16 bits per heavy atom. The molecule has 1 aromatic rings. The van der Waals surface area contributed by atoms with Gasteiger partial charge >= 0.3 is 0 Å². The maximum Gasteiger partial charge on any atom is 0.209 e. The average molecular weight is 283 g/mol. The zero-order valence-corrected chi connectivity index (χ0v) is 12.8. The van der Waals surface area contributed by atoms with Crippen LogP contribution in [0.1, 0.15) is 39.5 Å². The maximum atomic E-state index is 4.13. The van der Waals surface area contributed by atoms with Crippen LogP contribution in [0.4, 0.5) is 0 Å². The van der Waals surface area contributed by atoms with Crippen LogP contribution in [0.3, 0.4) is 0 Å². The smallest absolute Gasteiger partial charge is 0.209 e. The van der Waals surface area contributed by atoms with E-state index in [0.717, 1.165) is 30.7 Å². The van der Waals surface area contributed by atoms with E-state index in [-0.39, 0.29) is 0 Å². The lowest BCUT2D eigenvalue weighted by Gasteiger charge is -2.09. The molecule has 19 heavy (non-hydrogen) atoms. The lowest BCUT2D eigenvalue weighted by Crippen LogP contribution is -2.24. The van der Waals surface area contributed by atoms with Gasteiger partial charge in [0.1, 0.15) is 0 Å². The largest absolute Gasteiger partial charge is 0.315 e. The highest BCUT2D eigenvalue weighted by atomic mass is 32.2. The Labute approximate surface area is 119 Å². The molecule has 1 N–H and O–H groups in total. The highest BCUT2D eigenvalue weighted by molar-refractivity contribution is 7.99. The SMILES string of the molecule is CC(C)CNCCn1nnnc1SCC1CCCC1. The summed E-state index contributed by atoms with van der Waals surface area (Å²) >= 11 is 1.81. The van der Waals surface area contributed by atoms with Crippen LogP contribution in [0.25, 0.3) is 0 Å². The van der Waals surface area contributed by atoms with Crippen LogP contribution in [-0.2, 0) is 6.54 Å². The molecule has 0 amide bonds. The van der Waals surface area contributed by atoms with Crippen LogP contribution in [0.5, 0.6) is 0 Å². The minimum Gasteiger partial charge on any atom is -0.315 e. The fourth-order valence-electron chi connectivity index (χ4n) is 2.39. The second-order valence-corrected chi connectivity index (χ2v) is 6.73. The summed E-state index contributed by atoms with van der Waals surface area (Å²) in [7, 11) is 0. The first-order chi connectivity index (χ1) is 9.25. The van der Waals surface area contributed by atoms with E-state index in [0.29, 0.717) is 5.92 Å². The fourth-order valence-corrected chi connectivity index (χ4v) is 3.47. The van der Waals surface area contributed by atoms with E-state index < -0.39 is 0 Å². The Bertz CT molecular complexity index is 360. The number of thioether (sulfide) groups is 1. The van der Waals surface area contributed by atoms with Crippen molar-refractivity contribution in [1.29, 1.82) is 0 Å². The number of hydrogen-bond acceptors (Lipinski definition) is 5. The van der Waals surface area contributed by atoms with Gasteiger partial charge in [0.05, 0.1) is 6.54 Å². The first kappa shape index (κ1) is 14.8. The van der Waals surface area contributed by atoms with Gasteiger partial charge in [0, 0.05) is 12.3 Å². The summed E-state index contributed by atoms with van der Waals surface area (Å²) < 4.78 is 1.92. The van der Waals surface area contributed by atoms with E-state index in [1.165, 1.54) is 31.4 Å². The van der Waals surface area contributed by atoms with Crippen LogP contribution in [-0.4, -0.2) is 39.0 Å².